The Balaban J connectivity index is 1.73. The van der Waals surface area contributed by atoms with Gasteiger partial charge >= 0.3 is 0 Å². The Kier molecular flexibility index (Phi) is 4.30. The van der Waals surface area contributed by atoms with E-state index in [1.54, 1.807) is 37.4 Å². The fraction of sp³-hybridized carbons (Fsp3) is 0.235. The van der Waals surface area contributed by atoms with Gasteiger partial charge < -0.3 is 19.5 Å². The van der Waals surface area contributed by atoms with Crippen LogP contribution < -0.4 is 19.5 Å². The highest BCUT2D eigenvalue weighted by Crippen LogP contribution is 2.33. The van der Waals surface area contributed by atoms with Crippen LogP contribution in [0.5, 0.6) is 17.2 Å². The number of carbonyl (C=O) groups is 1. The van der Waals surface area contributed by atoms with E-state index in [9.17, 15) is 4.79 Å². The van der Waals surface area contributed by atoms with Gasteiger partial charge in [-0.15, -0.1) is 0 Å². The number of amides is 1. The number of methoxy groups -OCH3 is 2. The molecule has 1 aliphatic rings. The summed E-state index contributed by atoms with van der Waals surface area (Å²) in [6.45, 7) is 0. The fourth-order valence-electron chi connectivity index (χ4n) is 2.48. The van der Waals surface area contributed by atoms with E-state index in [0.717, 1.165) is 5.56 Å². The molecule has 1 aliphatic heterocycles. The molecule has 3 rings (SSSR count). The van der Waals surface area contributed by atoms with Crippen molar-refractivity contribution in [3.05, 3.63) is 47.0 Å². The van der Waals surface area contributed by atoms with E-state index in [1.165, 1.54) is 7.11 Å². The van der Waals surface area contributed by atoms with Crippen LogP contribution in [0.1, 0.15) is 5.56 Å². The third-order valence-corrected chi connectivity index (χ3v) is 3.89. The van der Waals surface area contributed by atoms with E-state index >= 15 is 0 Å². The van der Waals surface area contributed by atoms with Crippen molar-refractivity contribution in [3.8, 4) is 17.2 Å². The Morgan fingerprint density at radius 2 is 2.04 bits per heavy atom. The van der Waals surface area contributed by atoms with Crippen molar-refractivity contribution >= 4 is 23.2 Å². The highest BCUT2D eigenvalue weighted by Gasteiger charge is 2.29. The minimum absolute atomic E-state index is 0.235. The summed E-state index contributed by atoms with van der Waals surface area (Å²) in [5.41, 5.74) is 1.50. The van der Waals surface area contributed by atoms with Crippen LogP contribution in [0.15, 0.2) is 36.4 Å². The number of benzene rings is 2. The number of rotatable bonds is 4. The van der Waals surface area contributed by atoms with Crippen LogP contribution in [0.3, 0.4) is 0 Å². The molecule has 0 bridgehead atoms. The molecule has 5 nitrogen and oxygen atoms in total. The molecule has 23 heavy (non-hydrogen) atoms. The van der Waals surface area contributed by atoms with Gasteiger partial charge in [0.25, 0.3) is 5.91 Å². The van der Waals surface area contributed by atoms with Gasteiger partial charge in [-0.25, -0.2) is 0 Å². The van der Waals surface area contributed by atoms with Crippen LogP contribution >= 0.6 is 11.6 Å². The number of fused-ring (bicyclic) bond motifs is 1. The van der Waals surface area contributed by atoms with E-state index < -0.39 is 6.10 Å². The van der Waals surface area contributed by atoms with Crippen molar-refractivity contribution in [1.29, 1.82) is 0 Å². The first-order valence-corrected chi connectivity index (χ1v) is 7.46. The fourth-order valence-corrected chi connectivity index (χ4v) is 2.67. The van der Waals surface area contributed by atoms with Crippen molar-refractivity contribution in [2.24, 2.45) is 0 Å². The topological polar surface area (TPSA) is 56.8 Å². The van der Waals surface area contributed by atoms with Crippen molar-refractivity contribution < 1.29 is 19.0 Å². The molecule has 0 saturated heterocycles. The number of hydrogen-bond acceptors (Lipinski definition) is 4. The molecule has 120 valence electrons. The van der Waals surface area contributed by atoms with Crippen LogP contribution in [0.25, 0.3) is 0 Å². The quantitative estimate of drug-likeness (QED) is 0.932. The molecule has 6 heteroatoms. The summed E-state index contributed by atoms with van der Waals surface area (Å²) in [7, 11) is 3.11. The van der Waals surface area contributed by atoms with E-state index in [2.05, 4.69) is 5.32 Å². The molecular weight excluding hydrogens is 318 g/mol. The number of nitrogens with one attached hydrogen (secondary N) is 1. The smallest absolute Gasteiger partial charge is 0.265 e. The lowest BCUT2D eigenvalue weighted by atomic mass is 10.1. The van der Waals surface area contributed by atoms with Crippen molar-refractivity contribution in [1.82, 2.24) is 0 Å². The average molecular weight is 334 g/mol. The van der Waals surface area contributed by atoms with Crippen molar-refractivity contribution in [2.75, 3.05) is 19.5 Å². The van der Waals surface area contributed by atoms with Gasteiger partial charge in [-0.3, -0.25) is 4.79 Å². The van der Waals surface area contributed by atoms with Gasteiger partial charge in [0.05, 0.1) is 19.9 Å². The highest BCUT2D eigenvalue weighted by atomic mass is 35.5. The van der Waals surface area contributed by atoms with Crippen LogP contribution in [-0.4, -0.2) is 26.2 Å². The third kappa shape index (κ3) is 3.19. The normalized spacial score (nSPS) is 15.5. The molecule has 0 aliphatic carbocycles. The second-order valence-corrected chi connectivity index (χ2v) is 5.55. The minimum Gasteiger partial charge on any atom is -0.497 e. The van der Waals surface area contributed by atoms with Gasteiger partial charge in [-0.1, -0.05) is 11.6 Å². The van der Waals surface area contributed by atoms with Crippen LogP contribution in [0.4, 0.5) is 5.69 Å². The number of anilines is 1. The molecule has 1 N–H and O–H groups in total. The Morgan fingerprint density at radius 3 is 2.78 bits per heavy atom. The molecule has 0 aromatic heterocycles. The SMILES string of the molecule is COc1ccc(NC(=O)C2Cc3cc(Cl)ccc3O2)c(OC)c1. The Hall–Kier alpha value is -2.40. The predicted octanol–water partition coefficient (Wildman–Crippen LogP) is 3.30. The van der Waals surface area contributed by atoms with E-state index in [-0.39, 0.29) is 5.91 Å². The zero-order valence-corrected chi connectivity index (χ0v) is 13.5. The molecule has 0 radical (unpaired) electrons. The van der Waals surface area contributed by atoms with E-state index in [4.69, 9.17) is 25.8 Å². The summed E-state index contributed by atoms with van der Waals surface area (Å²) in [4.78, 5) is 12.4. The highest BCUT2D eigenvalue weighted by molar-refractivity contribution is 6.30. The van der Waals surface area contributed by atoms with Crippen LogP contribution in [0, 0.1) is 0 Å². The molecule has 1 amide bonds. The summed E-state index contributed by atoms with van der Waals surface area (Å²) < 4.78 is 16.1. The Labute approximate surface area is 139 Å². The Bertz CT molecular complexity index is 747. The van der Waals surface area contributed by atoms with Crippen molar-refractivity contribution in [2.45, 2.75) is 12.5 Å². The van der Waals surface area contributed by atoms with Gasteiger partial charge in [0.1, 0.15) is 17.2 Å². The molecule has 0 spiro atoms. The Morgan fingerprint density at radius 1 is 1.22 bits per heavy atom. The summed E-state index contributed by atoms with van der Waals surface area (Å²) >= 11 is 5.96. The average Bonchev–Trinajstić information content (AvgIpc) is 2.98. The van der Waals surface area contributed by atoms with Gasteiger partial charge in [0, 0.05) is 17.5 Å². The minimum atomic E-state index is -0.588. The molecule has 1 atom stereocenters. The number of ether oxygens (including phenoxy) is 3. The maximum atomic E-state index is 12.4. The second kappa shape index (κ2) is 6.38. The summed E-state index contributed by atoms with van der Waals surface area (Å²) in [5.74, 6) is 1.63. The lowest BCUT2D eigenvalue weighted by molar-refractivity contribution is -0.122. The number of hydrogen-bond donors (Lipinski definition) is 1. The predicted molar refractivity (Wildman–Crippen MR) is 87.7 cm³/mol. The molecule has 2 aromatic rings. The second-order valence-electron chi connectivity index (χ2n) is 5.12. The molecule has 2 aromatic carbocycles. The monoisotopic (exact) mass is 333 g/mol. The molecule has 1 unspecified atom stereocenters. The first-order valence-electron chi connectivity index (χ1n) is 7.08. The van der Waals surface area contributed by atoms with Gasteiger partial charge in [0.2, 0.25) is 0 Å². The summed E-state index contributed by atoms with van der Waals surface area (Å²) in [6.07, 6.45) is -0.101. The van der Waals surface area contributed by atoms with Gasteiger partial charge in [-0.2, -0.15) is 0 Å². The van der Waals surface area contributed by atoms with Crippen LogP contribution in [0.2, 0.25) is 5.02 Å². The number of halogens is 1. The maximum Gasteiger partial charge on any atom is 0.265 e. The molecule has 1 heterocycles. The first-order chi connectivity index (χ1) is 11.1. The lowest BCUT2D eigenvalue weighted by Gasteiger charge is -2.14. The first kappa shape index (κ1) is 15.5. The molecule has 0 fully saturated rings. The largest absolute Gasteiger partial charge is 0.497 e. The summed E-state index contributed by atoms with van der Waals surface area (Å²) in [5, 5.41) is 3.46. The van der Waals surface area contributed by atoms with Gasteiger partial charge in [0.15, 0.2) is 6.10 Å². The van der Waals surface area contributed by atoms with E-state index in [0.29, 0.717) is 34.4 Å². The molecular formula is C17H16ClNO4. The zero-order valence-electron chi connectivity index (χ0n) is 12.8. The lowest BCUT2D eigenvalue weighted by Crippen LogP contribution is -2.31. The number of carbonyl (C=O) groups excluding carboxylic acids is 1. The standard InChI is InChI=1S/C17H16ClNO4/c1-21-12-4-5-13(15(9-12)22-2)19-17(20)16-8-10-7-11(18)3-6-14(10)23-16/h3-7,9,16H,8H2,1-2H3,(H,19,20). The van der Waals surface area contributed by atoms with E-state index in [1.807, 2.05) is 6.07 Å². The van der Waals surface area contributed by atoms with Crippen LogP contribution in [-0.2, 0) is 11.2 Å². The summed E-state index contributed by atoms with van der Waals surface area (Å²) in [6, 6.07) is 10.5. The zero-order chi connectivity index (χ0) is 16.4. The molecule has 0 saturated carbocycles. The maximum absolute atomic E-state index is 12.4. The van der Waals surface area contributed by atoms with Gasteiger partial charge in [-0.05, 0) is 35.9 Å². The third-order valence-electron chi connectivity index (χ3n) is 3.66. The van der Waals surface area contributed by atoms with Crippen molar-refractivity contribution in [3.63, 3.8) is 0 Å².